The molecule has 0 bridgehead atoms. The summed E-state index contributed by atoms with van der Waals surface area (Å²) in [4.78, 5) is 12.3. The van der Waals surface area contributed by atoms with Crippen LogP contribution < -0.4 is 14.8 Å². The van der Waals surface area contributed by atoms with Crippen molar-refractivity contribution in [3.8, 4) is 11.5 Å². The summed E-state index contributed by atoms with van der Waals surface area (Å²) in [7, 11) is -3.61. The molecule has 0 aliphatic carbocycles. The summed E-state index contributed by atoms with van der Waals surface area (Å²) in [6, 6.07) is 4.83. The third kappa shape index (κ3) is 4.12. The summed E-state index contributed by atoms with van der Waals surface area (Å²) < 4.78 is 38.5. The summed E-state index contributed by atoms with van der Waals surface area (Å²) in [6.07, 6.45) is 1.83. The van der Waals surface area contributed by atoms with Gasteiger partial charge in [0.2, 0.25) is 15.9 Å². The number of fused-ring (bicyclic) bond motifs is 1. The van der Waals surface area contributed by atoms with Crippen LogP contribution >= 0.6 is 0 Å². The molecule has 7 nitrogen and oxygen atoms in total. The molecule has 0 spiro atoms. The first-order valence-electron chi connectivity index (χ1n) is 9.08. The van der Waals surface area contributed by atoms with Crippen molar-refractivity contribution in [1.29, 1.82) is 0 Å². The van der Waals surface area contributed by atoms with Gasteiger partial charge in [-0.25, -0.2) is 8.42 Å². The van der Waals surface area contributed by atoms with Gasteiger partial charge in [0.05, 0.1) is 18.1 Å². The van der Waals surface area contributed by atoms with E-state index in [0.717, 1.165) is 6.42 Å². The maximum atomic E-state index is 12.9. The van der Waals surface area contributed by atoms with Gasteiger partial charge in [0.25, 0.3) is 0 Å². The second-order valence-electron chi connectivity index (χ2n) is 7.00. The molecule has 2 heterocycles. The molecule has 0 radical (unpaired) electrons. The standard InChI is InChI=1S/C18H26N2O5S/c1-13(2)19-18(21)14-6-8-20(9-7-14)26(22,23)15-4-5-16-17(12-15)25-11-3-10-24-16/h4-5,12-14H,3,6-11H2,1-2H3,(H,19,21). The summed E-state index contributed by atoms with van der Waals surface area (Å²) >= 11 is 0. The molecule has 8 heteroatoms. The Balaban J connectivity index is 1.70. The lowest BCUT2D eigenvalue weighted by atomic mass is 9.97. The minimum absolute atomic E-state index is 0.00706. The number of nitrogens with one attached hydrogen (secondary N) is 1. The number of ether oxygens (including phenoxy) is 2. The molecule has 1 saturated heterocycles. The van der Waals surface area contributed by atoms with E-state index >= 15 is 0 Å². The maximum Gasteiger partial charge on any atom is 0.243 e. The van der Waals surface area contributed by atoms with Crippen LogP contribution in [-0.2, 0) is 14.8 Å². The van der Waals surface area contributed by atoms with Crippen LogP contribution in [0.2, 0.25) is 0 Å². The van der Waals surface area contributed by atoms with E-state index in [1.165, 1.54) is 10.4 Å². The molecule has 0 unspecified atom stereocenters. The van der Waals surface area contributed by atoms with E-state index in [1.54, 1.807) is 12.1 Å². The van der Waals surface area contributed by atoms with Gasteiger partial charge in [0, 0.05) is 37.5 Å². The molecule has 0 saturated carbocycles. The summed E-state index contributed by atoms with van der Waals surface area (Å²) in [5.74, 6) is 0.917. The summed E-state index contributed by atoms with van der Waals surface area (Å²) in [6.45, 7) is 5.58. The lowest BCUT2D eigenvalue weighted by Gasteiger charge is -2.31. The van der Waals surface area contributed by atoms with Crippen molar-refractivity contribution in [2.24, 2.45) is 5.92 Å². The van der Waals surface area contributed by atoms with Gasteiger partial charge in [0.15, 0.2) is 11.5 Å². The van der Waals surface area contributed by atoms with Gasteiger partial charge < -0.3 is 14.8 Å². The highest BCUT2D eigenvalue weighted by molar-refractivity contribution is 7.89. The van der Waals surface area contributed by atoms with Crippen LogP contribution in [0.25, 0.3) is 0 Å². The average Bonchev–Trinajstić information content (AvgIpc) is 2.86. The number of hydrogen-bond donors (Lipinski definition) is 1. The molecular formula is C18H26N2O5S. The van der Waals surface area contributed by atoms with Crippen molar-refractivity contribution < 1.29 is 22.7 Å². The minimum atomic E-state index is -3.61. The molecule has 26 heavy (non-hydrogen) atoms. The number of hydrogen-bond acceptors (Lipinski definition) is 5. The van der Waals surface area contributed by atoms with E-state index in [0.29, 0.717) is 50.6 Å². The largest absolute Gasteiger partial charge is 0.490 e. The van der Waals surface area contributed by atoms with Crippen molar-refractivity contribution in [3.63, 3.8) is 0 Å². The topological polar surface area (TPSA) is 84.9 Å². The highest BCUT2D eigenvalue weighted by Crippen LogP contribution is 2.33. The van der Waals surface area contributed by atoms with Gasteiger partial charge >= 0.3 is 0 Å². The number of carbonyl (C=O) groups is 1. The Hall–Kier alpha value is -1.80. The molecule has 1 aromatic carbocycles. The number of amides is 1. The van der Waals surface area contributed by atoms with Crippen LogP contribution in [0, 0.1) is 5.92 Å². The van der Waals surface area contributed by atoms with Crippen molar-refractivity contribution in [2.75, 3.05) is 26.3 Å². The molecule has 1 N–H and O–H groups in total. The molecule has 144 valence electrons. The van der Waals surface area contributed by atoms with E-state index in [2.05, 4.69) is 5.32 Å². The quantitative estimate of drug-likeness (QED) is 0.858. The number of rotatable bonds is 4. The zero-order valence-corrected chi connectivity index (χ0v) is 16.0. The molecule has 2 aliphatic rings. The van der Waals surface area contributed by atoms with Gasteiger partial charge in [-0.15, -0.1) is 0 Å². The van der Waals surface area contributed by atoms with Crippen LogP contribution in [0.3, 0.4) is 0 Å². The second-order valence-corrected chi connectivity index (χ2v) is 8.94. The van der Waals surface area contributed by atoms with Gasteiger partial charge in [-0.1, -0.05) is 0 Å². The monoisotopic (exact) mass is 382 g/mol. The van der Waals surface area contributed by atoms with Crippen molar-refractivity contribution in [2.45, 2.75) is 44.0 Å². The van der Waals surface area contributed by atoms with Gasteiger partial charge in [-0.05, 0) is 38.8 Å². The Bertz CT molecular complexity index is 755. The van der Waals surface area contributed by atoms with Crippen LogP contribution in [0.5, 0.6) is 11.5 Å². The fraction of sp³-hybridized carbons (Fsp3) is 0.611. The molecule has 1 amide bonds. The van der Waals surface area contributed by atoms with Crippen LogP contribution in [0.1, 0.15) is 33.1 Å². The Kier molecular flexibility index (Phi) is 5.72. The van der Waals surface area contributed by atoms with Gasteiger partial charge in [0.1, 0.15) is 0 Å². The minimum Gasteiger partial charge on any atom is -0.490 e. The Morgan fingerprint density at radius 1 is 1.15 bits per heavy atom. The molecule has 0 aromatic heterocycles. The predicted octanol–water partition coefficient (Wildman–Crippen LogP) is 1.77. The number of carbonyl (C=O) groups excluding carboxylic acids is 1. The SMILES string of the molecule is CC(C)NC(=O)C1CCN(S(=O)(=O)c2ccc3c(c2)OCCCO3)CC1. The number of sulfonamides is 1. The molecule has 3 rings (SSSR count). The number of nitrogens with zero attached hydrogens (tertiary/aromatic N) is 1. The molecule has 0 atom stereocenters. The van der Waals surface area contributed by atoms with Crippen molar-refractivity contribution in [1.82, 2.24) is 9.62 Å². The van der Waals surface area contributed by atoms with Crippen LogP contribution in [-0.4, -0.2) is 51.0 Å². The second kappa shape index (κ2) is 7.84. The third-order valence-corrected chi connectivity index (χ3v) is 6.51. The first-order valence-corrected chi connectivity index (χ1v) is 10.5. The summed E-state index contributed by atoms with van der Waals surface area (Å²) in [5.41, 5.74) is 0. The number of piperidine rings is 1. The van der Waals surface area contributed by atoms with Crippen molar-refractivity contribution >= 4 is 15.9 Å². The fourth-order valence-corrected chi connectivity index (χ4v) is 4.70. The highest BCUT2D eigenvalue weighted by Gasteiger charge is 2.32. The van der Waals surface area contributed by atoms with Crippen LogP contribution in [0.4, 0.5) is 0 Å². The summed E-state index contributed by atoms with van der Waals surface area (Å²) in [5, 5.41) is 2.90. The lowest BCUT2D eigenvalue weighted by molar-refractivity contribution is -0.126. The average molecular weight is 382 g/mol. The van der Waals surface area contributed by atoms with Gasteiger partial charge in [-0.2, -0.15) is 4.31 Å². The third-order valence-electron chi connectivity index (χ3n) is 4.61. The zero-order chi connectivity index (χ0) is 18.7. The van der Waals surface area contributed by atoms with E-state index in [4.69, 9.17) is 9.47 Å². The van der Waals surface area contributed by atoms with Crippen molar-refractivity contribution in [3.05, 3.63) is 18.2 Å². The normalized spacial score (nSPS) is 19.2. The van der Waals surface area contributed by atoms with E-state index in [1.807, 2.05) is 13.8 Å². The first-order chi connectivity index (χ1) is 12.4. The maximum absolute atomic E-state index is 12.9. The van der Waals surface area contributed by atoms with E-state index in [9.17, 15) is 13.2 Å². The van der Waals surface area contributed by atoms with E-state index < -0.39 is 10.0 Å². The van der Waals surface area contributed by atoms with E-state index in [-0.39, 0.29) is 22.8 Å². The molecule has 1 fully saturated rings. The molecular weight excluding hydrogens is 356 g/mol. The highest BCUT2D eigenvalue weighted by atomic mass is 32.2. The predicted molar refractivity (Wildman–Crippen MR) is 96.8 cm³/mol. The smallest absolute Gasteiger partial charge is 0.243 e. The molecule has 2 aliphatic heterocycles. The Labute approximate surface area is 154 Å². The Morgan fingerprint density at radius 2 is 1.81 bits per heavy atom. The Morgan fingerprint density at radius 3 is 2.46 bits per heavy atom. The zero-order valence-electron chi connectivity index (χ0n) is 15.2. The van der Waals surface area contributed by atoms with Crippen LogP contribution in [0.15, 0.2) is 23.1 Å². The fourth-order valence-electron chi connectivity index (χ4n) is 3.21. The molecule has 1 aromatic rings. The van der Waals surface area contributed by atoms with Gasteiger partial charge in [-0.3, -0.25) is 4.79 Å². The lowest BCUT2D eigenvalue weighted by Crippen LogP contribution is -2.44. The first kappa shape index (κ1) is 19.0. The number of benzene rings is 1.